The average molecular weight is 240 g/mol. The Balaban J connectivity index is 3.11. The van der Waals surface area contributed by atoms with Crippen LogP contribution in [-0.4, -0.2) is 54.3 Å². The molecule has 4 nitrogen and oxygen atoms in total. The fourth-order valence-corrected chi connectivity index (χ4v) is 1.90. The van der Waals surface area contributed by atoms with Gasteiger partial charge in [-0.15, -0.1) is 10.9 Å². The molecule has 0 saturated carbocycles. The Hall–Kier alpha value is -1.42. The molecule has 1 unspecified atom stereocenters. The topological polar surface area (TPSA) is 80.4 Å². The van der Waals surface area contributed by atoms with E-state index < -0.39 is 12.0 Å². The van der Waals surface area contributed by atoms with Gasteiger partial charge >= 0.3 is 5.97 Å². The van der Waals surface area contributed by atoms with Crippen molar-refractivity contribution in [1.29, 1.82) is 0 Å². The molecule has 0 aliphatic rings. The summed E-state index contributed by atoms with van der Waals surface area (Å²) in [6, 6.07) is 0.674. The summed E-state index contributed by atoms with van der Waals surface area (Å²) in [4.78, 5) is 22.7. The zero-order valence-corrected chi connectivity index (χ0v) is 11.2. The molecule has 0 fully saturated rings. The fourth-order valence-electron chi connectivity index (χ4n) is 1.90. The van der Waals surface area contributed by atoms with Crippen molar-refractivity contribution >= 4 is 65.0 Å². The largest absolute Gasteiger partial charge is 0.480 e. The van der Waals surface area contributed by atoms with Crippen LogP contribution in [0.25, 0.3) is 0 Å². The van der Waals surface area contributed by atoms with E-state index in [-0.39, 0.29) is 12.2 Å². The highest BCUT2D eigenvalue weighted by Gasteiger charge is 2.19. The highest BCUT2D eigenvalue weighted by molar-refractivity contribution is 6.63. The molecule has 0 saturated heterocycles. The van der Waals surface area contributed by atoms with Crippen LogP contribution in [0.1, 0.15) is 16.8 Å². The van der Waals surface area contributed by atoms with Gasteiger partial charge in [-0.2, -0.15) is 0 Å². The van der Waals surface area contributed by atoms with Crippen molar-refractivity contribution in [2.45, 2.75) is 12.5 Å². The predicted molar refractivity (Wildman–Crippen MR) is 83.7 cm³/mol. The molecule has 0 amide bonds. The van der Waals surface area contributed by atoms with Gasteiger partial charge in [0.15, 0.2) is 5.78 Å². The lowest BCUT2D eigenvalue weighted by atomic mass is 9.65. The van der Waals surface area contributed by atoms with E-state index in [2.05, 4.69) is 0 Å². The fraction of sp³-hybridized carbons (Fsp3) is 0.200. The zero-order chi connectivity index (χ0) is 14.0. The first-order valence-corrected chi connectivity index (χ1v) is 5.84. The Bertz CT molecular complexity index is 518. The average Bonchev–Trinajstić information content (AvgIpc) is 2.30. The molecule has 1 rings (SSSR count). The van der Waals surface area contributed by atoms with Gasteiger partial charge in [-0.05, 0) is 0 Å². The SMILES string of the molecule is Bc1cc(C(=O)CC(N)C(=O)O)c(B)c(B)c1B. The molecule has 0 aliphatic heterocycles. The summed E-state index contributed by atoms with van der Waals surface area (Å²) in [6.45, 7) is 0. The van der Waals surface area contributed by atoms with Crippen molar-refractivity contribution < 1.29 is 14.7 Å². The minimum Gasteiger partial charge on any atom is -0.480 e. The van der Waals surface area contributed by atoms with Gasteiger partial charge in [0.05, 0.1) is 0 Å². The standard InChI is InChI=1S/C10H15B4NO3/c11-4-1-3(7(12)9(14)8(4)13)6(16)2-5(15)10(17)18/h1,5H,2,11-15H2,(H,17,18). The number of aliphatic carboxylic acids is 1. The van der Waals surface area contributed by atoms with Crippen LogP contribution in [0, 0.1) is 0 Å². The van der Waals surface area contributed by atoms with Gasteiger partial charge in [-0.25, -0.2) is 0 Å². The van der Waals surface area contributed by atoms with Gasteiger partial charge in [0.2, 0.25) is 0 Å². The third-order valence-electron chi connectivity index (χ3n) is 3.50. The van der Waals surface area contributed by atoms with Crippen LogP contribution in [-0.2, 0) is 4.79 Å². The van der Waals surface area contributed by atoms with E-state index in [0.717, 1.165) is 21.9 Å². The number of carboxylic acids is 1. The van der Waals surface area contributed by atoms with E-state index in [1.807, 2.05) is 37.5 Å². The van der Waals surface area contributed by atoms with Crippen LogP contribution in [0.4, 0.5) is 0 Å². The maximum Gasteiger partial charge on any atom is 0.320 e. The minimum absolute atomic E-state index is 0.169. The molecule has 8 heteroatoms. The summed E-state index contributed by atoms with van der Waals surface area (Å²) in [6.07, 6.45) is -0.169. The summed E-state index contributed by atoms with van der Waals surface area (Å²) >= 11 is 0. The highest BCUT2D eigenvalue weighted by atomic mass is 16.4. The third-order valence-corrected chi connectivity index (χ3v) is 3.50. The van der Waals surface area contributed by atoms with Gasteiger partial charge < -0.3 is 10.8 Å². The van der Waals surface area contributed by atoms with Crippen molar-refractivity contribution in [2.24, 2.45) is 5.73 Å². The second-order valence-corrected chi connectivity index (χ2v) is 4.69. The van der Waals surface area contributed by atoms with Crippen LogP contribution in [0.5, 0.6) is 0 Å². The maximum atomic E-state index is 12.1. The van der Waals surface area contributed by atoms with Crippen molar-refractivity contribution in [2.75, 3.05) is 0 Å². The van der Waals surface area contributed by atoms with E-state index in [1.54, 1.807) is 0 Å². The van der Waals surface area contributed by atoms with E-state index in [4.69, 9.17) is 10.8 Å². The Morgan fingerprint density at radius 1 is 1.17 bits per heavy atom. The lowest BCUT2D eigenvalue weighted by molar-refractivity contribution is -0.138. The van der Waals surface area contributed by atoms with Gasteiger partial charge in [0, 0.05) is 12.0 Å². The van der Waals surface area contributed by atoms with Gasteiger partial charge in [0.25, 0.3) is 0 Å². The Kier molecular flexibility index (Phi) is 4.46. The molecular formula is C10H15B4NO3. The molecule has 0 aliphatic carbocycles. The number of rotatable bonds is 4. The normalized spacial score (nSPS) is 12.1. The summed E-state index contributed by atoms with van der Waals surface area (Å²) in [7, 11) is 7.79. The molecule has 0 heterocycles. The molecule has 90 valence electrons. The van der Waals surface area contributed by atoms with Gasteiger partial charge in [0.1, 0.15) is 37.4 Å². The second kappa shape index (κ2) is 5.48. The van der Waals surface area contributed by atoms with Crippen molar-refractivity contribution in [1.82, 2.24) is 0 Å². The van der Waals surface area contributed by atoms with Gasteiger partial charge in [-0.3, -0.25) is 9.59 Å². The highest BCUT2D eigenvalue weighted by Crippen LogP contribution is 2.00. The molecule has 0 radical (unpaired) electrons. The Labute approximate surface area is 110 Å². The quantitative estimate of drug-likeness (QED) is 0.405. The molecule has 1 aromatic rings. The smallest absolute Gasteiger partial charge is 0.320 e. The molecule has 3 N–H and O–H groups in total. The van der Waals surface area contributed by atoms with Crippen LogP contribution in [0.3, 0.4) is 0 Å². The van der Waals surface area contributed by atoms with Crippen LogP contribution >= 0.6 is 0 Å². The molecule has 18 heavy (non-hydrogen) atoms. The van der Waals surface area contributed by atoms with Gasteiger partial charge in [-0.1, -0.05) is 17.0 Å². The molecule has 0 aromatic heterocycles. The van der Waals surface area contributed by atoms with Crippen molar-refractivity contribution in [3.8, 4) is 0 Å². The number of carbonyl (C=O) groups excluding carboxylic acids is 1. The van der Waals surface area contributed by atoms with Crippen LogP contribution < -0.4 is 27.6 Å². The first-order chi connectivity index (χ1) is 8.25. The third kappa shape index (κ3) is 2.88. The molecule has 0 spiro atoms. The predicted octanol–water partition coefficient (Wildman–Crippen LogP) is -6.30. The Morgan fingerprint density at radius 2 is 1.72 bits per heavy atom. The van der Waals surface area contributed by atoms with Crippen molar-refractivity contribution in [3.05, 3.63) is 11.6 Å². The van der Waals surface area contributed by atoms with Crippen molar-refractivity contribution in [3.63, 3.8) is 0 Å². The number of Topliss-reactive ketones (excluding diaryl/α,β-unsaturated/α-hetero) is 1. The van der Waals surface area contributed by atoms with E-state index in [1.165, 1.54) is 0 Å². The molecule has 1 aromatic carbocycles. The van der Waals surface area contributed by atoms with E-state index in [9.17, 15) is 9.59 Å². The Morgan fingerprint density at radius 3 is 2.22 bits per heavy atom. The second-order valence-electron chi connectivity index (χ2n) is 4.69. The van der Waals surface area contributed by atoms with Crippen LogP contribution in [0.15, 0.2) is 6.07 Å². The maximum absolute atomic E-state index is 12.1. The first kappa shape index (κ1) is 14.6. The van der Waals surface area contributed by atoms with E-state index >= 15 is 0 Å². The summed E-state index contributed by atoms with van der Waals surface area (Å²) in [5.41, 5.74) is 10.1. The minimum atomic E-state index is -1.15. The van der Waals surface area contributed by atoms with E-state index in [0.29, 0.717) is 5.56 Å². The number of benzene rings is 1. The summed E-state index contributed by atoms with van der Waals surface area (Å²) in [5, 5.41) is 8.72. The molecular weight excluding hydrogens is 225 g/mol. The number of carbonyl (C=O) groups is 2. The molecule has 1 atom stereocenters. The number of hydrogen-bond acceptors (Lipinski definition) is 3. The summed E-state index contributed by atoms with van der Waals surface area (Å²) in [5.74, 6) is -1.37. The number of ketones is 1. The van der Waals surface area contributed by atoms with Crippen LogP contribution in [0.2, 0.25) is 0 Å². The number of nitrogens with two attached hydrogens (primary N) is 1. The molecule has 0 bridgehead atoms. The lowest BCUT2D eigenvalue weighted by Gasteiger charge is -2.15. The number of carboxylic acid groups (broad SMARTS) is 1. The monoisotopic (exact) mass is 241 g/mol. The zero-order valence-electron chi connectivity index (χ0n) is 11.2. The lowest BCUT2D eigenvalue weighted by Crippen LogP contribution is -2.49. The number of hydrogen-bond donors (Lipinski definition) is 2. The summed E-state index contributed by atoms with van der Waals surface area (Å²) < 4.78 is 0. The first-order valence-electron chi connectivity index (χ1n) is 5.84.